The normalized spacial score (nSPS) is 12.1. The van der Waals surface area contributed by atoms with E-state index in [1.807, 2.05) is 23.5 Å². The van der Waals surface area contributed by atoms with Crippen molar-refractivity contribution in [2.24, 2.45) is 0 Å². The summed E-state index contributed by atoms with van der Waals surface area (Å²) in [6, 6.07) is 49.5. The lowest BCUT2D eigenvalue weighted by Crippen LogP contribution is -2.09. The van der Waals surface area contributed by atoms with Crippen LogP contribution in [0.4, 0.5) is 17.1 Å². The van der Waals surface area contributed by atoms with Crippen molar-refractivity contribution < 1.29 is 8.83 Å². The van der Waals surface area contributed by atoms with E-state index in [1.54, 1.807) is 0 Å². The lowest BCUT2D eigenvalue weighted by molar-refractivity contribution is 0.669. The van der Waals surface area contributed by atoms with E-state index in [4.69, 9.17) is 8.83 Å². The molecule has 0 aliphatic carbocycles. The van der Waals surface area contributed by atoms with Crippen LogP contribution in [0.2, 0.25) is 0 Å². The first-order chi connectivity index (χ1) is 21.8. The number of thiophene rings is 1. The molecule has 10 aromatic rings. The first kappa shape index (κ1) is 23.9. The van der Waals surface area contributed by atoms with Gasteiger partial charge in [0, 0.05) is 76.3 Å². The predicted molar refractivity (Wildman–Crippen MR) is 186 cm³/mol. The zero-order valence-corrected chi connectivity index (χ0v) is 24.3. The monoisotopic (exact) mass is 581 g/mol. The lowest BCUT2D eigenvalue weighted by Gasteiger charge is -2.25. The zero-order valence-electron chi connectivity index (χ0n) is 23.5. The van der Waals surface area contributed by atoms with Crippen LogP contribution in [-0.4, -0.2) is 0 Å². The Morgan fingerprint density at radius 3 is 1.80 bits per heavy atom. The SMILES string of the molecule is c1ccc2c(c1)ccc1c3ccc(N(c4ccc5c(c4)oc4ccccc45)c4ccc5c(c4)sc4ccccc45)cc3oc21. The summed E-state index contributed by atoms with van der Waals surface area (Å²) in [5, 5.41) is 9.37. The van der Waals surface area contributed by atoms with Gasteiger partial charge in [-0.1, -0.05) is 72.8 Å². The van der Waals surface area contributed by atoms with E-state index in [-0.39, 0.29) is 0 Å². The highest BCUT2D eigenvalue weighted by molar-refractivity contribution is 7.25. The summed E-state index contributed by atoms with van der Waals surface area (Å²) in [6.07, 6.45) is 0. The number of anilines is 3. The standard InChI is InChI=1S/C40H23NO2S/c1-2-8-28-24(7-1)13-17-34-31-19-15-26(22-37(31)43-40(28)34)41(25-14-18-30-29-9-3-5-11-35(29)42-36(30)21-25)27-16-20-33-32-10-4-6-12-38(32)44-39(33)23-27/h1-23H. The molecule has 0 N–H and O–H groups in total. The molecule has 10 rings (SSSR count). The number of nitrogens with zero attached hydrogens (tertiary/aromatic N) is 1. The molecule has 0 fully saturated rings. The van der Waals surface area contributed by atoms with Crippen LogP contribution >= 0.6 is 11.3 Å². The minimum atomic E-state index is 0.867. The van der Waals surface area contributed by atoms with Gasteiger partial charge in [0.1, 0.15) is 22.3 Å². The molecule has 0 aliphatic rings. The maximum Gasteiger partial charge on any atom is 0.143 e. The summed E-state index contributed by atoms with van der Waals surface area (Å²) in [7, 11) is 0. The number of benzene rings is 7. The van der Waals surface area contributed by atoms with Gasteiger partial charge in [0.2, 0.25) is 0 Å². The molecule has 206 valence electrons. The predicted octanol–water partition coefficient (Wildman–Crippen LogP) is 12.5. The zero-order chi connectivity index (χ0) is 28.8. The lowest BCUT2D eigenvalue weighted by atomic mass is 10.1. The summed E-state index contributed by atoms with van der Waals surface area (Å²) in [4.78, 5) is 2.31. The van der Waals surface area contributed by atoms with Crippen molar-refractivity contribution in [3.05, 3.63) is 140 Å². The van der Waals surface area contributed by atoms with Crippen molar-refractivity contribution in [1.29, 1.82) is 0 Å². The van der Waals surface area contributed by atoms with E-state index in [9.17, 15) is 0 Å². The summed E-state index contributed by atoms with van der Waals surface area (Å²) in [5.74, 6) is 0. The number of para-hydroxylation sites is 1. The van der Waals surface area contributed by atoms with Crippen LogP contribution in [0.1, 0.15) is 0 Å². The van der Waals surface area contributed by atoms with Crippen molar-refractivity contribution in [2.45, 2.75) is 0 Å². The molecule has 0 aliphatic heterocycles. The molecule has 0 saturated carbocycles. The summed E-state index contributed by atoms with van der Waals surface area (Å²) >= 11 is 1.83. The molecule has 0 radical (unpaired) electrons. The molecule has 3 aromatic heterocycles. The Hall–Kier alpha value is -5.58. The van der Waals surface area contributed by atoms with Crippen LogP contribution in [0, 0.1) is 0 Å². The molecule has 0 atom stereocenters. The minimum absolute atomic E-state index is 0.867. The van der Waals surface area contributed by atoms with Crippen molar-refractivity contribution in [2.75, 3.05) is 4.90 Å². The van der Waals surface area contributed by atoms with Gasteiger partial charge in [-0.05, 0) is 60.0 Å². The third-order valence-electron chi connectivity index (χ3n) is 8.85. The van der Waals surface area contributed by atoms with Gasteiger partial charge in [0.25, 0.3) is 0 Å². The van der Waals surface area contributed by atoms with E-state index in [0.717, 1.165) is 66.3 Å². The highest BCUT2D eigenvalue weighted by atomic mass is 32.1. The van der Waals surface area contributed by atoms with Gasteiger partial charge in [0.15, 0.2) is 0 Å². The van der Waals surface area contributed by atoms with E-state index >= 15 is 0 Å². The van der Waals surface area contributed by atoms with Crippen molar-refractivity contribution in [3.8, 4) is 0 Å². The number of furan rings is 2. The molecule has 0 unspecified atom stereocenters. The van der Waals surface area contributed by atoms with Gasteiger partial charge in [-0.15, -0.1) is 11.3 Å². The van der Waals surface area contributed by atoms with Crippen LogP contribution in [0.3, 0.4) is 0 Å². The first-order valence-corrected chi connectivity index (χ1v) is 15.6. The Kier molecular flexibility index (Phi) is 4.87. The number of fused-ring (bicyclic) bond motifs is 11. The Labute approximate surface area is 255 Å². The van der Waals surface area contributed by atoms with Crippen molar-refractivity contribution >= 4 is 103 Å². The van der Waals surface area contributed by atoms with Gasteiger partial charge < -0.3 is 13.7 Å². The van der Waals surface area contributed by atoms with E-state index in [1.165, 1.54) is 25.6 Å². The quantitative estimate of drug-likeness (QED) is 0.208. The van der Waals surface area contributed by atoms with Crippen molar-refractivity contribution in [1.82, 2.24) is 0 Å². The summed E-state index contributed by atoms with van der Waals surface area (Å²) in [5.41, 5.74) is 6.70. The van der Waals surface area contributed by atoms with Gasteiger partial charge in [-0.3, -0.25) is 0 Å². The average molecular weight is 582 g/mol. The molecule has 0 spiro atoms. The second-order valence-electron chi connectivity index (χ2n) is 11.3. The molecule has 44 heavy (non-hydrogen) atoms. The van der Waals surface area contributed by atoms with Crippen molar-refractivity contribution in [3.63, 3.8) is 0 Å². The Morgan fingerprint density at radius 1 is 0.386 bits per heavy atom. The fourth-order valence-electron chi connectivity index (χ4n) is 6.79. The molecule has 0 bridgehead atoms. The largest absolute Gasteiger partial charge is 0.456 e. The second kappa shape index (κ2) is 8.96. The molecular formula is C40H23NO2S. The molecule has 0 saturated heterocycles. The summed E-state index contributed by atoms with van der Waals surface area (Å²) < 4.78 is 15.5. The van der Waals surface area contributed by atoms with Crippen LogP contribution in [0.5, 0.6) is 0 Å². The second-order valence-corrected chi connectivity index (χ2v) is 12.4. The molecule has 7 aromatic carbocycles. The van der Waals surface area contributed by atoms with Gasteiger partial charge in [0.05, 0.1) is 0 Å². The van der Waals surface area contributed by atoms with Gasteiger partial charge >= 0.3 is 0 Å². The molecule has 0 amide bonds. The molecule has 4 heteroatoms. The first-order valence-electron chi connectivity index (χ1n) is 14.8. The third kappa shape index (κ3) is 3.43. The Balaban J connectivity index is 1.21. The van der Waals surface area contributed by atoms with E-state index in [2.05, 4.69) is 132 Å². The van der Waals surface area contributed by atoms with Crippen LogP contribution < -0.4 is 4.90 Å². The Morgan fingerprint density at radius 2 is 0.955 bits per heavy atom. The highest BCUT2D eigenvalue weighted by Crippen LogP contribution is 2.44. The number of hydrogen-bond donors (Lipinski definition) is 0. The molecule has 3 heterocycles. The number of rotatable bonds is 3. The maximum atomic E-state index is 6.61. The topological polar surface area (TPSA) is 29.5 Å². The smallest absolute Gasteiger partial charge is 0.143 e. The molecular weight excluding hydrogens is 559 g/mol. The van der Waals surface area contributed by atoms with Crippen LogP contribution in [0.25, 0.3) is 74.8 Å². The minimum Gasteiger partial charge on any atom is -0.456 e. The van der Waals surface area contributed by atoms with Gasteiger partial charge in [-0.2, -0.15) is 0 Å². The fraction of sp³-hybridized carbons (Fsp3) is 0. The Bertz CT molecular complexity index is 2630. The average Bonchev–Trinajstić information content (AvgIpc) is 3.75. The summed E-state index contributed by atoms with van der Waals surface area (Å²) in [6.45, 7) is 0. The van der Waals surface area contributed by atoms with Gasteiger partial charge in [-0.25, -0.2) is 0 Å². The number of hydrogen-bond acceptors (Lipinski definition) is 4. The van der Waals surface area contributed by atoms with E-state index < -0.39 is 0 Å². The highest BCUT2D eigenvalue weighted by Gasteiger charge is 2.19. The van der Waals surface area contributed by atoms with Crippen LogP contribution in [-0.2, 0) is 0 Å². The molecule has 3 nitrogen and oxygen atoms in total. The maximum absolute atomic E-state index is 6.61. The van der Waals surface area contributed by atoms with E-state index in [0.29, 0.717) is 0 Å². The fourth-order valence-corrected chi connectivity index (χ4v) is 7.93. The van der Waals surface area contributed by atoms with Crippen LogP contribution in [0.15, 0.2) is 148 Å². The third-order valence-corrected chi connectivity index (χ3v) is 9.98.